The number of aryl methyl sites for hydroxylation is 1. The molecule has 1 N–H and O–H groups in total. The Balaban J connectivity index is 2.69. The van der Waals surface area contributed by atoms with Gasteiger partial charge < -0.3 is 5.32 Å². The van der Waals surface area contributed by atoms with E-state index in [2.05, 4.69) is 35.1 Å². The number of nitrogens with one attached hydrogen (secondary N) is 1. The van der Waals surface area contributed by atoms with Crippen LogP contribution in [-0.4, -0.2) is 16.8 Å². The third-order valence-electron chi connectivity index (χ3n) is 2.81. The first-order valence-corrected chi connectivity index (χ1v) is 7.39. The second-order valence-corrected chi connectivity index (χ2v) is 6.30. The first-order chi connectivity index (χ1) is 7.50. The van der Waals surface area contributed by atoms with Crippen LogP contribution in [0.25, 0.3) is 0 Å². The summed E-state index contributed by atoms with van der Waals surface area (Å²) < 4.78 is 0. The number of carbonyl (C=O) groups excluding carboxylic acids is 1. The van der Waals surface area contributed by atoms with Crippen LogP contribution in [-0.2, 0) is 0 Å². The highest BCUT2D eigenvalue weighted by atomic mass is 79.9. The molecule has 90 valence electrons. The SMILES string of the molecule is CCC(C)(CCBr)NC(=O)c1ccc(C)s1. The minimum absolute atomic E-state index is 0.0448. The lowest BCUT2D eigenvalue weighted by molar-refractivity contribution is 0.0906. The van der Waals surface area contributed by atoms with Crippen LogP contribution >= 0.6 is 27.3 Å². The van der Waals surface area contributed by atoms with Crippen molar-refractivity contribution in [3.63, 3.8) is 0 Å². The number of hydrogen-bond acceptors (Lipinski definition) is 2. The Bertz CT molecular complexity index is 364. The quantitative estimate of drug-likeness (QED) is 0.825. The zero-order valence-electron chi connectivity index (χ0n) is 9.97. The van der Waals surface area contributed by atoms with Crippen molar-refractivity contribution in [2.75, 3.05) is 5.33 Å². The van der Waals surface area contributed by atoms with Gasteiger partial charge in [-0.05, 0) is 38.8 Å². The first-order valence-electron chi connectivity index (χ1n) is 5.45. The van der Waals surface area contributed by atoms with E-state index in [0.717, 1.165) is 23.0 Å². The van der Waals surface area contributed by atoms with Crippen LogP contribution in [0.2, 0.25) is 0 Å². The van der Waals surface area contributed by atoms with Gasteiger partial charge in [0.2, 0.25) is 0 Å². The second kappa shape index (κ2) is 5.82. The Hall–Kier alpha value is -0.350. The summed E-state index contributed by atoms with van der Waals surface area (Å²) in [6.07, 6.45) is 1.88. The van der Waals surface area contributed by atoms with E-state index in [4.69, 9.17) is 0 Å². The van der Waals surface area contributed by atoms with Crippen molar-refractivity contribution < 1.29 is 4.79 Å². The van der Waals surface area contributed by atoms with E-state index in [-0.39, 0.29) is 11.4 Å². The lowest BCUT2D eigenvalue weighted by Gasteiger charge is -2.28. The topological polar surface area (TPSA) is 29.1 Å². The molecule has 2 nitrogen and oxygen atoms in total. The van der Waals surface area contributed by atoms with Crippen LogP contribution in [0.15, 0.2) is 12.1 Å². The van der Waals surface area contributed by atoms with Gasteiger partial charge in [0.1, 0.15) is 0 Å². The Morgan fingerprint density at radius 2 is 2.25 bits per heavy atom. The van der Waals surface area contributed by atoms with Crippen molar-refractivity contribution in [3.05, 3.63) is 21.9 Å². The number of carbonyl (C=O) groups is 1. The van der Waals surface area contributed by atoms with Crippen LogP contribution in [0.5, 0.6) is 0 Å². The maximum absolute atomic E-state index is 12.0. The Morgan fingerprint density at radius 3 is 2.69 bits per heavy atom. The Kier molecular flexibility index (Phi) is 4.99. The molecule has 1 heterocycles. The average Bonchev–Trinajstić information content (AvgIpc) is 2.65. The summed E-state index contributed by atoms with van der Waals surface area (Å²) in [7, 11) is 0. The summed E-state index contributed by atoms with van der Waals surface area (Å²) in [5, 5.41) is 4.02. The Morgan fingerprint density at radius 1 is 1.56 bits per heavy atom. The molecule has 0 aliphatic carbocycles. The molecule has 1 rings (SSSR count). The van der Waals surface area contributed by atoms with E-state index < -0.39 is 0 Å². The largest absolute Gasteiger partial charge is 0.346 e. The average molecular weight is 304 g/mol. The van der Waals surface area contributed by atoms with Gasteiger partial charge in [-0.2, -0.15) is 0 Å². The summed E-state index contributed by atoms with van der Waals surface area (Å²) in [6.45, 7) is 6.20. The molecule has 1 amide bonds. The Labute approximate surface area is 110 Å². The van der Waals surface area contributed by atoms with Gasteiger partial charge in [0.05, 0.1) is 4.88 Å². The molecule has 0 fully saturated rings. The lowest BCUT2D eigenvalue weighted by atomic mass is 9.95. The van der Waals surface area contributed by atoms with Crippen LogP contribution in [0.1, 0.15) is 41.2 Å². The molecule has 4 heteroatoms. The molecular weight excluding hydrogens is 286 g/mol. The third-order valence-corrected chi connectivity index (χ3v) is 4.20. The normalized spacial score (nSPS) is 14.5. The molecule has 1 unspecified atom stereocenters. The molecule has 0 saturated carbocycles. The number of alkyl halides is 1. The highest BCUT2D eigenvalue weighted by molar-refractivity contribution is 9.09. The summed E-state index contributed by atoms with van der Waals surface area (Å²) >= 11 is 4.97. The summed E-state index contributed by atoms with van der Waals surface area (Å²) in [4.78, 5) is 14.0. The zero-order chi connectivity index (χ0) is 12.2. The van der Waals surface area contributed by atoms with Crippen LogP contribution in [0.3, 0.4) is 0 Å². The zero-order valence-corrected chi connectivity index (χ0v) is 12.4. The fourth-order valence-electron chi connectivity index (χ4n) is 1.43. The second-order valence-electron chi connectivity index (χ2n) is 4.22. The molecule has 0 spiro atoms. The monoisotopic (exact) mass is 303 g/mol. The predicted octanol–water partition coefficient (Wildman–Crippen LogP) is 3.74. The van der Waals surface area contributed by atoms with E-state index in [9.17, 15) is 4.79 Å². The van der Waals surface area contributed by atoms with Crippen LogP contribution in [0.4, 0.5) is 0 Å². The smallest absolute Gasteiger partial charge is 0.261 e. The molecule has 1 atom stereocenters. The van der Waals surface area contributed by atoms with Crippen LogP contribution in [0, 0.1) is 6.92 Å². The van der Waals surface area contributed by atoms with Gasteiger partial charge in [-0.1, -0.05) is 22.9 Å². The molecule has 1 aromatic heterocycles. The fraction of sp³-hybridized carbons (Fsp3) is 0.583. The van der Waals surface area contributed by atoms with Gasteiger partial charge in [-0.15, -0.1) is 11.3 Å². The molecule has 0 saturated heterocycles. The van der Waals surface area contributed by atoms with Crippen molar-refractivity contribution in [1.82, 2.24) is 5.32 Å². The highest BCUT2D eigenvalue weighted by Crippen LogP contribution is 2.19. The van der Waals surface area contributed by atoms with E-state index in [1.54, 1.807) is 11.3 Å². The van der Waals surface area contributed by atoms with E-state index in [1.807, 2.05) is 19.1 Å². The minimum Gasteiger partial charge on any atom is -0.346 e. The van der Waals surface area contributed by atoms with E-state index >= 15 is 0 Å². The molecule has 0 radical (unpaired) electrons. The maximum Gasteiger partial charge on any atom is 0.261 e. The number of amides is 1. The number of rotatable bonds is 5. The van der Waals surface area contributed by atoms with Crippen molar-refractivity contribution >= 4 is 33.2 Å². The van der Waals surface area contributed by atoms with Crippen molar-refractivity contribution in [2.24, 2.45) is 0 Å². The number of hydrogen-bond donors (Lipinski definition) is 1. The molecule has 16 heavy (non-hydrogen) atoms. The predicted molar refractivity (Wildman–Crippen MR) is 73.6 cm³/mol. The minimum atomic E-state index is -0.113. The van der Waals surface area contributed by atoms with Crippen molar-refractivity contribution in [3.8, 4) is 0 Å². The van der Waals surface area contributed by atoms with E-state index in [0.29, 0.717) is 0 Å². The highest BCUT2D eigenvalue weighted by Gasteiger charge is 2.24. The summed E-state index contributed by atoms with van der Waals surface area (Å²) in [5.41, 5.74) is -0.113. The molecule has 0 aliphatic heterocycles. The molecule has 0 aliphatic rings. The third kappa shape index (κ3) is 3.59. The van der Waals surface area contributed by atoms with Gasteiger partial charge in [-0.25, -0.2) is 0 Å². The summed E-state index contributed by atoms with van der Waals surface area (Å²) in [5.74, 6) is 0.0448. The molecular formula is C12H18BrNOS. The maximum atomic E-state index is 12.0. The standard InChI is InChI=1S/C12H18BrNOS/c1-4-12(3,7-8-13)14-11(15)10-6-5-9(2)16-10/h5-6H,4,7-8H2,1-3H3,(H,14,15). The van der Waals surface area contributed by atoms with Crippen molar-refractivity contribution in [1.29, 1.82) is 0 Å². The molecule has 0 bridgehead atoms. The number of halogens is 1. The van der Waals surface area contributed by atoms with Crippen LogP contribution < -0.4 is 5.32 Å². The fourth-order valence-corrected chi connectivity index (χ4v) is 3.07. The van der Waals surface area contributed by atoms with Gasteiger partial charge in [0.25, 0.3) is 5.91 Å². The first kappa shape index (κ1) is 13.7. The molecule has 1 aromatic rings. The van der Waals surface area contributed by atoms with E-state index in [1.165, 1.54) is 4.88 Å². The number of thiophene rings is 1. The molecule has 0 aromatic carbocycles. The lowest BCUT2D eigenvalue weighted by Crippen LogP contribution is -2.45. The van der Waals surface area contributed by atoms with Gasteiger partial charge in [0.15, 0.2) is 0 Å². The van der Waals surface area contributed by atoms with Gasteiger partial charge in [-0.3, -0.25) is 4.79 Å². The summed E-state index contributed by atoms with van der Waals surface area (Å²) in [6, 6.07) is 3.87. The van der Waals surface area contributed by atoms with Gasteiger partial charge >= 0.3 is 0 Å². The van der Waals surface area contributed by atoms with Crippen molar-refractivity contribution in [2.45, 2.75) is 39.2 Å². The van der Waals surface area contributed by atoms with Gasteiger partial charge in [0, 0.05) is 15.7 Å².